The Morgan fingerprint density at radius 1 is 1.18 bits per heavy atom. The van der Waals surface area contributed by atoms with Gasteiger partial charge >= 0.3 is 0 Å². The fraction of sp³-hybridized carbons (Fsp3) is 0.278. The molecule has 28 heavy (non-hydrogen) atoms. The van der Waals surface area contributed by atoms with E-state index >= 15 is 0 Å². The first-order valence-electron chi connectivity index (χ1n) is 8.67. The number of carbonyl (C=O) groups is 2. The molecular weight excluding hydrogens is 400 g/mol. The van der Waals surface area contributed by atoms with Crippen molar-refractivity contribution < 1.29 is 18.0 Å². The minimum atomic E-state index is -3.69. The number of nitrogens with zero attached hydrogens (tertiary/aromatic N) is 1. The van der Waals surface area contributed by atoms with Crippen LogP contribution < -0.4 is 15.6 Å². The van der Waals surface area contributed by atoms with Gasteiger partial charge in [-0.25, -0.2) is 8.42 Å². The molecule has 0 saturated heterocycles. The quantitative estimate of drug-likeness (QED) is 0.638. The molecule has 1 aliphatic heterocycles. The number of thiophene rings is 1. The summed E-state index contributed by atoms with van der Waals surface area (Å²) in [5.74, 6) is -0.995. The lowest BCUT2D eigenvalue weighted by Crippen LogP contribution is -2.48. The van der Waals surface area contributed by atoms with Gasteiger partial charge in [-0.3, -0.25) is 30.2 Å². The van der Waals surface area contributed by atoms with E-state index < -0.39 is 27.9 Å². The number of sulfonamides is 1. The number of aliphatic imine (C=N–C) groups is 1. The SMILES string of the molecule is CC[C@H](C)[C@H](N=C1NS(=O)(=O)c2ccccc21)C(=O)NNC(=O)c1cccs1. The summed E-state index contributed by atoms with van der Waals surface area (Å²) >= 11 is 1.25. The topological polar surface area (TPSA) is 117 Å². The molecule has 0 aliphatic carbocycles. The highest BCUT2D eigenvalue weighted by Gasteiger charge is 2.33. The van der Waals surface area contributed by atoms with Gasteiger partial charge in [-0.15, -0.1) is 11.3 Å². The van der Waals surface area contributed by atoms with E-state index in [1.807, 2.05) is 13.8 Å². The van der Waals surface area contributed by atoms with Crippen molar-refractivity contribution in [1.82, 2.24) is 15.6 Å². The Labute approximate surface area is 167 Å². The molecule has 2 heterocycles. The van der Waals surface area contributed by atoms with Crippen molar-refractivity contribution in [3.05, 3.63) is 52.2 Å². The van der Waals surface area contributed by atoms with Crippen LogP contribution in [0.1, 0.15) is 35.5 Å². The maximum atomic E-state index is 12.7. The molecule has 0 fully saturated rings. The summed E-state index contributed by atoms with van der Waals surface area (Å²) in [6.45, 7) is 3.74. The number of hydrogen-bond donors (Lipinski definition) is 3. The van der Waals surface area contributed by atoms with Gasteiger partial charge in [0.25, 0.3) is 21.8 Å². The highest BCUT2D eigenvalue weighted by atomic mass is 32.2. The number of amidine groups is 1. The maximum Gasteiger partial charge on any atom is 0.279 e. The third kappa shape index (κ3) is 4.07. The van der Waals surface area contributed by atoms with Crippen LogP contribution in [-0.4, -0.2) is 32.1 Å². The zero-order valence-electron chi connectivity index (χ0n) is 15.3. The van der Waals surface area contributed by atoms with Gasteiger partial charge in [0.2, 0.25) is 0 Å². The molecule has 0 spiro atoms. The molecular formula is C18H20N4O4S2. The van der Waals surface area contributed by atoms with E-state index in [9.17, 15) is 18.0 Å². The van der Waals surface area contributed by atoms with E-state index in [2.05, 4.69) is 20.6 Å². The molecule has 10 heteroatoms. The molecule has 0 unspecified atom stereocenters. The summed E-state index contributed by atoms with van der Waals surface area (Å²) in [5.41, 5.74) is 5.18. The first-order chi connectivity index (χ1) is 13.3. The van der Waals surface area contributed by atoms with Gasteiger partial charge in [0.15, 0.2) is 0 Å². The minimum Gasteiger partial charge on any atom is -0.271 e. The Bertz CT molecular complexity index is 1020. The number of hydrogen-bond acceptors (Lipinski definition) is 6. The van der Waals surface area contributed by atoms with Crippen molar-refractivity contribution in [3.63, 3.8) is 0 Å². The number of rotatable bonds is 5. The lowest BCUT2D eigenvalue weighted by molar-refractivity contribution is -0.124. The van der Waals surface area contributed by atoms with Crippen molar-refractivity contribution in [1.29, 1.82) is 0 Å². The van der Waals surface area contributed by atoms with E-state index in [4.69, 9.17) is 0 Å². The monoisotopic (exact) mass is 420 g/mol. The fourth-order valence-electron chi connectivity index (χ4n) is 2.70. The van der Waals surface area contributed by atoms with Crippen LogP contribution >= 0.6 is 11.3 Å². The van der Waals surface area contributed by atoms with Crippen molar-refractivity contribution >= 4 is 39.0 Å². The second kappa shape index (κ2) is 8.11. The largest absolute Gasteiger partial charge is 0.279 e. The molecule has 1 aromatic heterocycles. The lowest BCUT2D eigenvalue weighted by atomic mass is 9.99. The Kier molecular flexibility index (Phi) is 5.80. The van der Waals surface area contributed by atoms with Crippen LogP contribution in [0, 0.1) is 5.92 Å². The molecule has 2 amide bonds. The molecule has 8 nitrogen and oxygen atoms in total. The van der Waals surface area contributed by atoms with Gasteiger partial charge in [-0.05, 0) is 29.5 Å². The minimum absolute atomic E-state index is 0.126. The Balaban J connectivity index is 1.82. The maximum absolute atomic E-state index is 12.7. The third-order valence-electron chi connectivity index (χ3n) is 4.43. The standard InChI is InChI=1S/C18H20N4O4S2/c1-3-11(2)15(18(24)21-20-17(23)13-8-6-10-27-13)19-16-12-7-4-5-9-14(12)28(25,26)22-16/h4-11,15H,3H2,1-2H3,(H,19,22)(H,20,23)(H,21,24)/t11-,15-/m0/s1. The molecule has 2 atom stereocenters. The predicted octanol–water partition coefficient (Wildman–Crippen LogP) is 1.66. The van der Waals surface area contributed by atoms with Gasteiger partial charge in [0.05, 0.1) is 9.77 Å². The molecule has 0 saturated carbocycles. The van der Waals surface area contributed by atoms with Gasteiger partial charge in [0, 0.05) is 5.56 Å². The van der Waals surface area contributed by atoms with Crippen LogP contribution in [0.15, 0.2) is 51.7 Å². The number of hydrazine groups is 1. The van der Waals surface area contributed by atoms with Gasteiger partial charge in [-0.1, -0.05) is 38.5 Å². The van der Waals surface area contributed by atoms with E-state index in [1.165, 1.54) is 17.4 Å². The number of amides is 2. The summed E-state index contributed by atoms with van der Waals surface area (Å²) in [4.78, 5) is 29.7. The molecule has 1 aromatic carbocycles. The first-order valence-corrected chi connectivity index (χ1v) is 11.0. The Morgan fingerprint density at radius 3 is 2.61 bits per heavy atom. The third-order valence-corrected chi connectivity index (χ3v) is 6.69. The average molecular weight is 421 g/mol. The van der Waals surface area contributed by atoms with Crippen LogP contribution in [0.5, 0.6) is 0 Å². The summed E-state index contributed by atoms with van der Waals surface area (Å²) in [5, 5.41) is 1.76. The van der Waals surface area contributed by atoms with Crippen molar-refractivity contribution in [3.8, 4) is 0 Å². The van der Waals surface area contributed by atoms with E-state index in [0.29, 0.717) is 16.9 Å². The first kappa shape index (κ1) is 20.0. The van der Waals surface area contributed by atoms with Crippen molar-refractivity contribution in [2.75, 3.05) is 0 Å². The fourth-order valence-corrected chi connectivity index (χ4v) is 4.56. The van der Waals surface area contributed by atoms with Crippen LogP contribution in [0.4, 0.5) is 0 Å². The van der Waals surface area contributed by atoms with Crippen LogP contribution in [-0.2, 0) is 14.8 Å². The van der Waals surface area contributed by atoms with Gasteiger partial charge in [-0.2, -0.15) is 0 Å². The second-order valence-corrected chi connectivity index (χ2v) is 8.93. The Morgan fingerprint density at radius 2 is 1.93 bits per heavy atom. The average Bonchev–Trinajstić information content (AvgIpc) is 3.30. The number of fused-ring (bicyclic) bond motifs is 1. The highest BCUT2D eigenvalue weighted by Crippen LogP contribution is 2.24. The molecule has 3 N–H and O–H groups in total. The highest BCUT2D eigenvalue weighted by molar-refractivity contribution is 7.90. The molecule has 3 rings (SSSR count). The zero-order valence-corrected chi connectivity index (χ0v) is 16.9. The van der Waals surface area contributed by atoms with Gasteiger partial charge in [0.1, 0.15) is 11.9 Å². The number of benzene rings is 1. The van der Waals surface area contributed by atoms with E-state index in [1.54, 1.807) is 35.7 Å². The van der Waals surface area contributed by atoms with Crippen LogP contribution in [0.25, 0.3) is 0 Å². The molecule has 1 aliphatic rings. The predicted molar refractivity (Wildman–Crippen MR) is 106 cm³/mol. The Hall–Kier alpha value is -2.72. The number of nitrogens with one attached hydrogen (secondary N) is 3. The summed E-state index contributed by atoms with van der Waals surface area (Å²) in [6, 6.07) is 8.95. The molecule has 148 valence electrons. The normalized spacial score (nSPS) is 18.0. The van der Waals surface area contributed by atoms with Crippen molar-refractivity contribution in [2.45, 2.75) is 31.2 Å². The number of carbonyl (C=O) groups excluding carboxylic acids is 2. The van der Waals surface area contributed by atoms with Crippen molar-refractivity contribution in [2.24, 2.45) is 10.9 Å². The summed E-state index contributed by atoms with van der Waals surface area (Å²) < 4.78 is 26.9. The molecule has 0 radical (unpaired) electrons. The van der Waals surface area contributed by atoms with Gasteiger partial charge < -0.3 is 0 Å². The lowest BCUT2D eigenvalue weighted by Gasteiger charge is -2.19. The summed E-state index contributed by atoms with van der Waals surface area (Å²) in [6.07, 6.45) is 0.641. The smallest absolute Gasteiger partial charge is 0.271 e. The van der Waals surface area contributed by atoms with E-state index in [-0.39, 0.29) is 16.6 Å². The van der Waals surface area contributed by atoms with Crippen LogP contribution in [0.3, 0.4) is 0 Å². The summed E-state index contributed by atoms with van der Waals surface area (Å²) in [7, 11) is -3.69. The molecule has 0 bridgehead atoms. The second-order valence-electron chi connectivity index (χ2n) is 6.33. The van der Waals surface area contributed by atoms with E-state index in [0.717, 1.165) is 0 Å². The van der Waals surface area contributed by atoms with Crippen LogP contribution in [0.2, 0.25) is 0 Å². The zero-order chi connectivity index (χ0) is 20.3. The molecule has 2 aromatic rings.